The van der Waals surface area contributed by atoms with Crippen LogP contribution in [0.1, 0.15) is 36.6 Å². The molecule has 5 aromatic rings. The molecule has 1 atom stereocenters. The molecule has 0 aliphatic carbocycles. The Hall–Kier alpha value is -3.89. The van der Waals surface area contributed by atoms with E-state index in [2.05, 4.69) is 45.2 Å². The van der Waals surface area contributed by atoms with Gasteiger partial charge in [-0.05, 0) is 117 Å². The zero-order valence-corrected chi connectivity index (χ0v) is 29.7. The quantitative estimate of drug-likeness (QED) is 0.0749. The molecule has 2 heterocycles. The van der Waals surface area contributed by atoms with E-state index in [1.54, 1.807) is 30.5 Å². The predicted octanol–water partition coefficient (Wildman–Crippen LogP) is 6.65. The maximum absolute atomic E-state index is 14.2. The highest BCUT2D eigenvalue weighted by atomic mass is 127. The van der Waals surface area contributed by atoms with Crippen LogP contribution in [0.3, 0.4) is 0 Å². The molecular formula is C34H25I2N3O6S. The Morgan fingerprint density at radius 1 is 1.07 bits per heavy atom. The van der Waals surface area contributed by atoms with Crippen LogP contribution < -0.4 is 19.6 Å². The second kappa shape index (κ2) is 13.5. The highest BCUT2D eigenvalue weighted by Crippen LogP contribution is 2.35. The van der Waals surface area contributed by atoms with Gasteiger partial charge in [0.2, 0.25) is 0 Å². The van der Waals surface area contributed by atoms with Crippen LogP contribution in [0.15, 0.2) is 99.9 Å². The van der Waals surface area contributed by atoms with Crippen molar-refractivity contribution >= 4 is 85.0 Å². The van der Waals surface area contributed by atoms with E-state index < -0.39 is 16.9 Å². The Bertz CT molecular complexity index is 2210. The van der Waals surface area contributed by atoms with Crippen molar-refractivity contribution in [2.75, 3.05) is 6.61 Å². The van der Waals surface area contributed by atoms with Crippen molar-refractivity contribution in [1.82, 2.24) is 4.57 Å². The average molecular weight is 857 g/mol. The third kappa shape index (κ3) is 6.25. The SMILES string of the molecule is CCOC(=O)C1=C(C)N=c2s/c(=C/c3cc(I)c(OCc4ccc([N+](=O)[O-])cc4)c(I)c3)c(=O)n2[C@H]1c1cccc2ccccc12. The molecular weight excluding hydrogens is 832 g/mol. The summed E-state index contributed by atoms with van der Waals surface area (Å²) in [5.74, 6) is 0.188. The number of ether oxygens (including phenoxy) is 2. The molecule has 46 heavy (non-hydrogen) atoms. The van der Waals surface area contributed by atoms with Gasteiger partial charge in [-0.3, -0.25) is 19.5 Å². The molecule has 0 fully saturated rings. The number of allylic oxidation sites excluding steroid dienone is 1. The summed E-state index contributed by atoms with van der Waals surface area (Å²) in [4.78, 5) is 43.2. The monoisotopic (exact) mass is 857 g/mol. The van der Waals surface area contributed by atoms with E-state index in [1.165, 1.54) is 23.5 Å². The number of aromatic nitrogens is 1. The third-order valence-corrected chi connectivity index (χ3v) is 10.1. The molecule has 1 aliphatic rings. The molecule has 1 aromatic heterocycles. The molecule has 232 valence electrons. The van der Waals surface area contributed by atoms with Crippen molar-refractivity contribution in [2.24, 2.45) is 4.99 Å². The molecule has 0 amide bonds. The van der Waals surface area contributed by atoms with Crippen molar-refractivity contribution in [1.29, 1.82) is 0 Å². The first kappa shape index (κ1) is 32.1. The Balaban J connectivity index is 1.40. The summed E-state index contributed by atoms with van der Waals surface area (Å²) >= 11 is 5.68. The highest BCUT2D eigenvalue weighted by molar-refractivity contribution is 14.1. The van der Waals surface area contributed by atoms with Gasteiger partial charge in [-0.15, -0.1) is 0 Å². The lowest BCUT2D eigenvalue weighted by molar-refractivity contribution is -0.384. The predicted molar refractivity (Wildman–Crippen MR) is 194 cm³/mol. The number of hydrogen-bond acceptors (Lipinski definition) is 8. The van der Waals surface area contributed by atoms with Crippen LogP contribution in [0.25, 0.3) is 16.8 Å². The zero-order valence-electron chi connectivity index (χ0n) is 24.5. The first-order valence-electron chi connectivity index (χ1n) is 14.2. The molecule has 4 aromatic carbocycles. The summed E-state index contributed by atoms with van der Waals surface area (Å²) in [6.45, 7) is 3.98. The van der Waals surface area contributed by atoms with E-state index in [0.717, 1.165) is 34.6 Å². The van der Waals surface area contributed by atoms with E-state index in [9.17, 15) is 19.7 Å². The molecule has 0 saturated heterocycles. The van der Waals surface area contributed by atoms with Gasteiger partial charge in [0.1, 0.15) is 12.4 Å². The minimum Gasteiger partial charge on any atom is -0.487 e. The number of halogens is 2. The largest absolute Gasteiger partial charge is 0.487 e. The Morgan fingerprint density at radius 2 is 1.76 bits per heavy atom. The number of carbonyl (C=O) groups excluding carboxylic acids is 1. The van der Waals surface area contributed by atoms with Crippen molar-refractivity contribution in [3.8, 4) is 5.75 Å². The van der Waals surface area contributed by atoms with Crippen LogP contribution in [-0.4, -0.2) is 22.1 Å². The molecule has 0 N–H and O–H groups in total. The molecule has 9 nitrogen and oxygen atoms in total. The number of hydrogen-bond donors (Lipinski definition) is 0. The second-order valence-electron chi connectivity index (χ2n) is 10.4. The Labute approximate surface area is 294 Å². The van der Waals surface area contributed by atoms with Gasteiger partial charge in [-0.25, -0.2) is 9.79 Å². The number of rotatable bonds is 8. The smallest absolute Gasteiger partial charge is 0.338 e. The number of non-ortho nitro benzene ring substituents is 1. The number of fused-ring (bicyclic) bond motifs is 2. The molecule has 6 rings (SSSR count). The van der Waals surface area contributed by atoms with E-state index >= 15 is 0 Å². The fourth-order valence-corrected chi connectivity index (χ4v) is 8.57. The standard InChI is InChI=1S/C34H25I2N3O6S/c1-3-44-33(41)29-19(2)37-34-38(30(29)25-10-6-8-22-7-4-5-9-24(22)25)32(40)28(46-34)17-21-15-26(35)31(27(36)16-21)45-18-20-11-13-23(14-12-20)39(42)43/h4-17,30H,3,18H2,1-2H3/b28-17+/t30-/m0/s1. The van der Waals surface area contributed by atoms with Gasteiger partial charge in [-0.1, -0.05) is 53.8 Å². The first-order chi connectivity index (χ1) is 22.2. The molecule has 0 unspecified atom stereocenters. The van der Waals surface area contributed by atoms with Gasteiger partial charge in [0.25, 0.3) is 11.2 Å². The topological polar surface area (TPSA) is 113 Å². The van der Waals surface area contributed by atoms with Crippen LogP contribution in [-0.2, 0) is 16.1 Å². The fraction of sp³-hybridized carbons (Fsp3) is 0.147. The third-order valence-electron chi connectivity index (χ3n) is 7.48. The second-order valence-corrected chi connectivity index (χ2v) is 13.7. The van der Waals surface area contributed by atoms with Gasteiger partial charge in [0.05, 0.1) is 40.5 Å². The van der Waals surface area contributed by atoms with Crippen molar-refractivity contribution in [2.45, 2.75) is 26.5 Å². The first-order valence-corrected chi connectivity index (χ1v) is 17.2. The van der Waals surface area contributed by atoms with Crippen molar-refractivity contribution in [3.05, 3.63) is 144 Å². The summed E-state index contributed by atoms with van der Waals surface area (Å²) in [5.41, 5.74) is 3.07. The van der Waals surface area contributed by atoms with Gasteiger partial charge in [0.15, 0.2) is 4.80 Å². The molecule has 12 heteroatoms. The van der Waals surface area contributed by atoms with Crippen molar-refractivity contribution < 1.29 is 19.2 Å². The molecule has 0 bridgehead atoms. The lowest BCUT2D eigenvalue weighted by Crippen LogP contribution is -2.40. The maximum Gasteiger partial charge on any atom is 0.338 e. The van der Waals surface area contributed by atoms with E-state index in [4.69, 9.17) is 14.5 Å². The summed E-state index contributed by atoms with van der Waals surface area (Å²) in [7, 11) is 0. The normalized spacial score (nSPS) is 14.6. The van der Waals surface area contributed by atoms with E-state index in [-0.39, 0.29) is 24.5 Å². The van der Waals surface area contributed by atoms with Crippen LogP contribution in [0.4, 0.5) is 5.69 Å². The number of nitrogens with zero attached hydrogens (tertiary/aromatic N) is 3. The summed E-state index contributed by atoms with van der Waals surface area (Å²) in [6, 6.07) is 23.2. The molecule has 1 aliphatic heterocycles. The van der Waals surface area contributed by atoms with Gasteiger partial charge >= 0.3 is 5.97 Å². The molecule has 0 spiro atoms. The number of carbonyl (C=O) groups is 1. The number of thiazole rings is 1. The van der Waals surface area contributed by atoms with Crippen molar-refractivity contribution in [3.63, 3.8) is 0 Å². The van der Waals surface area contributed by atoms with Crippen LogP contribution >= 0.6 is 56.5 Å². The number of esters is 1. The van der Waals surface area contributed by atoms with Crippen LogP contribution in [0.5, 0.6) is 5.75 Å². The minimum atomic E-state index is -0.709. The van der Waals surface area contributed by atoms with E-state index in [1.807, 2.05) is 60.7 Å². The minimum absolute atomic E-state index is 0.0262. The van der Waals surface area contributed by atoms with Gasteiger partial charge in [-0.2, -0.15) is 0 Å². The lowest BCUT2D eigenvalue weighted by Gasteiger charge is -2.25. The van der Waals surface area contributed by atoms with Gasteiger partial charge in [0, 0.05) is 12.1 Å². The fourth-order valence-electron chi connectivity index (χ4n) is 5.40. The zero-order chi connectivity index (χ0) is 32.5. The molecule has 0 saturated carbocycles. The van der Waals surface area contributed by atoms with Gasteiger partial charge < -0.3 is 9.47 Å². The Kier molecular flexibility index (Phi) is 9.38. The number of nitro benzene ring substituents is 1. The summed E-state index contributed by atoms with van der Waals surface area (Å²) in [6.07, 6.45) is 1.83. The maximum atomic E-state index is 14.2. The number of benzene rings is 4. The highest BCUT2D eigenvalue weighted by Gasteiger charge is 2.34. The van der Waals surface area contributed by atoms with Crippen LogP contribution in [0.2, 0.25) is 0 Å². The molecule has 0 radical (unpaired) electrons. The Morgan fingerprint density at radius 3 is 2.46 bits per heavy atom. The summed E-state index contributed by atoms with van der Waals surface area (Å²) in [5, 5.41) is 12.9. The van der Waals surface area contributed by atoms with Crippen LogP contribution in [0, 0.1) is 17.3 Å². The average Bonchev–Trinajstić information content (AvgIpc) is 3.33. The number of nitro groups is 1. The summed E-state index contributed by atoms with van der Waals surface area (Å²) < 4.78 is 15.3. The lowest BCUT2D eigenvalue weighted by atomic mass is 9.91. The van der Waals surface area contributed by atoms with E-state index in [0.29, 0.717) is 26.4 Å².